The van der Waals surface area contributed by atoms with Crippen LogP contribution in [0.3, 0.4) is 0 Å². The first-order valence-electron chi connectivity index (χ1n) is 11.7. The van der Waals surface area contributed by atoms with Crippen molar-refractivity contribution in [3.05, 3.63) is 29.3 Å². The molecule has 7 nitrogen and oxygen atoms in total. The lowest BCUT2D eigenvalue weighted by Crippen LogP contribution is -2.52. The molecule has 1 saturated carbocycles. The summed E-state index contributed by atoms with van der Waals surface area (Å²) in [4.78, 5) is 39.3. The van der Waals surface area contributed by atoms with Gasteiger partial charge in [0.2, 0.25) is 11.8 Å². The number of methoxy groups -OCH3 is 1. The van der Waals surface area contributed by atoms with Crippen molar-refractivity contribution in [2.24, 2.45) is 0 Å². The third-order valence-corrected chi connectivity index (χ3v) is 7.75. The topological polar surface area (TPSA) is 87.7 Å². The Bertz CT molecular complexity index is 862. The number of benzene rings is 1. The van der Waals surface area contributed by atoms with Crippen molar-refractivity contribution < 1.29 is 19.1 Å². The minimum Gasteiger partial charge on any atom is -0.380 e. The van der Waals surface area contributed by atoms with E-state index in [2.05, 4.69) is 16.7 Å². The summed E-state index contributed by atoms with van der Waals surface area (Å²) in [5.74, 6) is 0.306. The third-order valence-electron chi connectivity index (χ3n) is 6.56. The number of amides is 3. The summed E-state index contributed by atoms with van der Waals surface area (Å²) in [6, 6.07) is 5.86. The molecule has 1 aromatic rings. The molecule has 4 rings (SSSR count). The lowest BCUT2D eigenvalue weighted by atomic mass is 10.0. The second-order valence-electron chi connectivity index (χ2n) is 8.87. The van der Waals surface area contributed by atoms with E-state index in [4.69, 9.17) is 4.74 Å². The highest BCUT2D eigenvalue weighted by Gasteiger charge is 2.39. The fourth-order valence-electron chi connectivity index (χ4n) is 4.57. The highest BCUT2D eigenvalue weighted by atomic mass is 32.2. The largest absolute Gasteiger partial charge is 0.380 e. The number of thioether (sulfide) groups is 1. The predicted octanol–water partition coefficient (Wildman–Crippen LogP) is 2.87. The molecular formula is C24H33N3O4S. The average molecular weight is 460 g/mol. The minimum absolute atomic E-state index is 0.103. The van der Waals surface area contributed by atoms with E-state index in [-0.39, 0.29) is 24.1 Å². The van der Waals surface area contributed by atoms with Crippen molar-refractivity contribution in [2.45, 2.75) is 81.0 Å². The SMILES string of the molecule is CO[C@@H]1C[C@H]1NCCCCCCCSc1cccc2c1CN(C1CCC(=O)NC1=O)C2=O. The molecule has 2 heterocycles. The molecule has 1 aromatic carbocycles. The van der Waals surface area contributed by atoms with E-state index >= 15 is 0 Å². The number of rotatable bonds is 12. The number of ether oxygens (including phenoxy) is 1. The van der Waals surface area contributed by atoms with E-state index in [1.54, 1.807) is 23.8 Å². The van der Waals surface area contributed by atoms with Crippen LogP contribution in [0.25, 0.3) is 0 Å². The maximum Gasteiger partial charge on any atom is 0.255 e. The number of carbonyl (C=O) groups excluding carboxylic acids is 3. The molecule has 3 amide bonds. The van der Waals surface area contributed by atoms with Crippen molar-refractivity contribution >= 4 is 29.5 Å². The van der Waals surface area contributed by atoms with Crippen LogP contribution in [0.4, 0.5) is 0 Å². The van der Waals surface area contributed by atoms with E-state index in [0.29, 0.717) is 30.7 Å². The fourth-order valence-corrected chi connectivity index (χ4v) is 5.66. The number of imide groups is 1. The Hall–Kier alpha value is -1.90. The molecule has 1 saturated heterocycles. The molecule has 2 aliphatic heterocycles. The standard InChI is InChI=1S/C24H33N3O4S/c1-31-20-14-18(20)25-12-5-3-2-4-6-13-32-21-9-7-8-16-17(21)15-27(24(16)30)19-10-11-22(28)26-23(19)29/h7-9,18-20,25H,2-6,10-15H2,1H3,(H,26,28,29)/t18-,19?,20-/m1/s1. The van der Waals surface area contributed by atoms with E-state index in [1.165, 1.54) is 25.7 Å². The second-order valence-corrected chi connectivity index (χ2v) is 10.0. The van der Waals surface area contributed by atoms with Gasteiger partial charge in [0.15, 0.2) is 0 Å². The smallest absolute Gasteiger partial charge is 0.255 e. The number of hydrogen-bond donors (Lipinski definition) is 2. The zero-order valence-corrected chi connectivity index (χ0v) is 19.5. The molecule has 3 aliphatic rings. The van der Waals surface area contributed by atoms with Gasteiger partial charge >= 0.3 is 0 Å². The summed E-state index contributed by atoms with van der Waals surface area (Å²) in [7, 11) is 1.78. The quantitative estimate of drug-likeness (QED) is 0.284. The minimum atomic E-state index is -0.555. The molecule has 0 bridgehead atoms. The first kappa shape index (κ1) is 23.3. The highest BCUT2D eigenvalue weighted by molar-refractivity contribution is 7.99. The van der Waals surface area contributed by atoms with Crippen molar-refractivity contribution in [3.8, 4) is 0 Å². The number of nitrogens with one attached hydrogen (secondary N) is 2. The van der Waals surface area contributed by atoms with Crippen LogP contribution in [-0.4, -0.2) is 60.2 Å². The van der Waals surface area contributed by atoms with Crippen molar-refractivity contribution in [2.75, 3.05) is 19.4 Å². The van der Waals surface area contributed by atoms with E-state index in [1.807, 2.05) is 12.1 Å². The molecule has 0 aromatic heterocycles. The average Bonchev–Trinajstić information content (AvgIpc) is 3.47. The van der Waals surface area contributed by atoms with Crippen LogP contribution < -0.4 is 10.6 Å². The normalized spacial score (nSPS) is 24.6. The van der Waals surface area contributed by atoms with Gasteiger partial charge in [0.05, 0.1) is 6.10 Å². The molecule has 2 N–H and O–H groups in total. The van der Waals surface area contributed by atoms with Gasteiger partial charge in [-0.25, -0.2) is 0 Å². The monoisotopic (exact) mass is 459 g/mol. The Morgan fingerprint density at radius 2 is 1.97 bits per heavy atom. The number of unbranched alkanes of at least 4 members (excludes halogenated alkanes) is 4. The van der Waals surface area contributed by atoms with Gasteiger partial charge in [0.25, 0.3) is 5.91 Å². The fraction of sp³-hybridized carbons (Fsp3) is 0.625. The van der Waals surface area contributed by atoms with Crippen LogP contribution in [0, 0.1) is 0 Å². The number of fused-ring (bicyclic) bond motifs is 1. The zero-order valence-electron chi connectivity index (χ0n) is 18.7. The van der Waals surface area contributed by atoms with Crippen molar-refractivity contribution in [1.29, 1.82) is 0 Å². The Morgan fingerprint density at radius 3 is 2.75 bits per heavy atom. The van der Waals surface area contributed by atoms with Crippen LogP contribution >= 0.6 is 11.8 Å². The van der Waals surface area contributed by atoms with Crippen LogP contribution in [0.15, 0.2) is 23.1 Å². The van der Waals surface area contributed by atoms with Gasteiger partial charge in [-0.05, 0) is 55.7 Å². The Labute approximate surface area is 194 Å². The van der Waals surface area contributed by atoms with E-state index in [9.17, 15) is 14.4 Å². The second kappa shape index (κ2) is 10.8. The first-order valence-corrected chi connectivity index (χ1v) is 12.7. The Kier molecular flexibility index (Phi) is 7.86. The molecule has 32 heavy (non-hydrogen) atoms. The lowest BCUT2D eigenvalue weighted by Gasteiger charge is -2.29. The van der Waals surface area contributed by atoms with E-state index < -0.39 is 6.04 Å². The Morgan fingerprint density at radius 1 is 1.16 bits per heavy atom. The van der Waals surface area contributed by atoms with Gasteiger partial charge in [-0.1, -0.05) is 25.3 Å². The maximum absolute atomic E-state index is 12.9. The van der Waals surface area contributed by atoms with E-state index in [0.717, 1.165) is 35.6 Å². The molecule has 0 spiro atoms. The Balaban J connectivity index is 1.17. The number of nitrogens with zero attached hydrogens (tertiary/aromatic N) is 1. The molecule has 1 aliphatic carbocycles. The summed E-state index contributed by atoms with van der Waals surface area (Å²) >= 11 is 1.80. The third kappa shape index (κ3) is 5.53. The van der Waals surface area contributed by atoms with Crippen LogP contribution in [-0.2, 0) is 20.9 Å². The highest BCUT2D eigenvalue weighted by Crippen LogP contribution is 2.34. The van der Waals surface area contributed by atoms with Gasteiger partial charge in [0.1, 0.15) is 6.04 Å². The summed E-state index contributed by atoms with van der Waals surface area (Å²) in [6.07, 6.45) is 8.33. The van der Waals surface area contributed by atoms with Crippen molar-refractivity contribution in [1.82, 2.24) is 15.5 Å². The maximum atomic E-state index is 12.9. The summed E-state index contributed by atoms with van der Waals surface area (Å²) in [6.45, 7) is 1.52. The zero-order chi connectivity index (χ0) is 22.5. The lowest BCUT2D eigenvalue weighted by molar-refractivity contribution is -0.136. The van der Waals surface area contributed by atoms with Crippen LogP contribution in [0.1, 0.15) is 67.3 Å². The molecule has 2 fully saturated rings. The predicted molar refractivity (Wildman–Crippen MR) is 124 cm³/mol. The summed E-state index contributed by atoms with van der Waals surface area (Å²) in [5, 5.41) is 5.90. The molecular weight excluding hydrogens is 426 g/mol. The molecule has 0 radical (unpaired) electrons. The molecule has 1 unspecified atom stereocenters. The molecule has 174 valence electrons. The van der Waals surface area contributed by atoms with Gasteiger partial charge in [0, 0.05) is 36.6 Å². The number of carbonyl (C=O) groups is 3. The van der Waals surface area contributed by atoms with Gasteiger partial charge in [-0.3, -0.25) is 19.7 Å². The number of hydrogen-bond acceptors (Lipinski definition) is 6. The molecule has 8 heteroatoms. The van der Waals surface area contributed by atoms with Gasteiger partial charge in [-0.2, -0.15) is 0 Å². The molecule has 3 atom stereocenters. The van der Waals surface area contributed by atoms with Gasteiger partial charge < -0.3 is 15.0 Å². The van der Waals surface area contributed by atoms with Crippen molar-refractivity contribution in [3.63, 3.8) is 0 Å². The summed E-state index contributed by atoms with van der Waals surface area (Å²) < 4.78 is 5.30. The van der Waals surface area contributed by atoms with Crippen LogP contribution in [0.5, 0.6) is 0 Å². The first-order chi connectivity index (χ1) is 15.6. The summed E-state index contributed by atoms with van der Waals surface area (Å²) in [5.41, 5.74) is 1.71. The van der Waals surface area contributed by atoms with Gasteiger partial charge in [-0.15, -0.1) is 11.8 Å². The van der Waals surface area contributed by atoms with Crippen LogP contribution in [0.2, 0.25) is 0 Å². The number of piperidine rings is 1.